The lowest BCUT2D eigenvalue weighted by Gasteiger charge is -2.15. The molecule has 0 aliphatic carbocycles. The maximum Gasteiger partial charge on any atom is 0.330 e. The van der Waals surface area contributed by atoms with Crippen molar-refractivity contribution < 1.29 is 14.7 Å². The lowest BCUT2D eigenvalue weighted by atomic mass is 10.1. The van der Waals surface area contributed by atoms with E-state index in [1.165, 1.54) is 0 Å². The second kappa shape index (κ2) is 7.04. The van der Waals surface area contributed by atoms with E-state index in [0.717, 1.165) is 10.0 Å². The average Bonchev–Trinajstić information content (AvgIpc) is 2.48. The van der Waals surface area contributed by atoms with Crippen LogP contribution in [0.1, 0.15) is 17.2 Å². The Kier molecular flexibility index (Phi) is 5.11. The van der Waals surface area contributed by atoms with Crippen molar-refractivity contribution in [2.24, 2.45) is 0 Å². The topological polar surface area (TPSA) is 66.4 Å². The first kappa shape index (κ1) is 15.3. The van der Waals surface area contributed by atoms with Gasteiger partial charge < -0.3 is 10.4 Å². The Hall–Kier alpha value is -2.14. The largest absolute Gasteiger partial charge is 0.479 e. The van der Waals surface area contributed by atoms with Gasteiger partial charge in [-0.25, -0.2) is 4.79 Å². The maximum absolute atomic E-state index is 12.0. The molecule has 0 bridgehead atoms. The summed E-state index contributed by atoms with van der Waals surface area (Å²) in [6.45, 7) is 0. The molecule has 2 aromatic rings. The van der Waals surface area contributed by atoms with Crippen LogP contribution in [0.25, 0.3) is 0 Å². The van der Waals surface area contributed by atoms with E-state index in [9.17, 15) is 14.7 Å². The zero-order chi connectivity index (χ0) is 15.2. The summed E-state index contributed by atoms with van der Waals surface area (Å²) in [7, 11) is 0. The fourth-order valence-electron chi connectivity index (χ4n) is 1.93. The first-order valence-electron chi connectivity index (χ1n) is 6.38. The summed E-state index contributed by atoms with van der Waals surface area (Å²) >= 11 is 3.32. The van der Waals surface area contributed by atoms with Crippen LogP contribution in [-0.2, 0) is 16.0 Å². The third kappa shape index (κ3) is 4.43. The number of amides is 1. The van der Waals surface area contributed by atoms with Crippen LogP contribution in [0, 0.1) is 0 Å². The van der Waals surface area contributed by atoms with Crippen molar-refractivity contribution in [1.82, 2.24) is 5.32 Å². The number of halogens is 1. The van der Waals surface area contributed by atoms with Crippen LogP contribution in [0.4, 0.5) is 0 Å². The molecule has 2 N–H and O–H groups in total. The first-order valence-corrected chi connectivity index (χ1v) is 7.17. The summed E-state index contributed by atoms with van der Waals surface area (Å²) in [5.41, 5.74) is 1.38. The zero-order valence-corrected chi connectivity index (χ0v) is 12.7. The van der Waals surface area contributed by atoms with Crippen molar-refractivity contribution in [3.05, 3.63) is 70.2 Å². The van der Waals surface area contributed by atoms with Gasteiger partial charge in [-0.1, -0.05) is 58.4 Å². The molecule has 0 radical (unpaired) electrons. The number of carbonyl (C=O) groups excluding carboxylic acids is 1. The molecule has 5 heteroatoms. The molecule has 21 heavy (non-hydrogen) atoms. The molecule has 0 aliphatic heterocycles. The molecular formula is C16H14BrNO3. The highest BCUT2D eigenvalue weighted by molar-refractivity contribution is 9.10. The third-order valence-electron chi connectivity index (χ3n) is 2.96. The fraction of sp³-hybridized carbons (Fsp3) is 0.125. The lowest BCUT2D eigenvalue weighted by Crippen LogP contribution is -2.34. The van der Waals surface area contributed by atoms with Crippen molar-refractivity contribution in [2.45, 2.75) is 12.5 Å². The summed E-state index contributed by atoms with van der Waals surface area (Å²) in [5.74, 6) is -1.40. The van der Waals surface area contributed by atoms with Crippen molar-refractivity contribution >= 4 is 27.8 Å². The van der Waals surface area contributed by atoms with Crippen molar-refractivity contribution in [3.63, 3.8) is 0 Å². The highest BCUT2D eigenvalue weighted by Gasteiger charge is 2.21. The predicted molar refractivity (Wildman–Crippen MR) is 82.8 cm³/mol. The Bertz CT molecular complexity index is 626. The lowest BCUT2D eigenvalue weighted by molar-refractivity contribution is -0.141. The molecule has 0 saturated heterocycles. The van der Waals surface area contributed by atoms with Crippen LogP contribution < -0.4 is 5.32 Å². The number of carboxylic acid groups (broad SMARTS) is 1. The first-order chi connectivity index (χ1) is 10.1. The molecule has 0 aliphatic rings. The second-order valence-electron chi connectivity index (χ2n) is 4.55. The number of carbonyl (C=O) groups is 2. The molecule has 2 aromatic carbocycles. The highest BCUT2D eigenvalue weighted by atomic mass is 79.9. The molecule has 1 atom stereocenters. The van der Waals surface area contributed by atoms with E-state index in [2.05, 4.69) is 21.2 Å². The van der Waals surface area contributed by atoms with Crippen LogP contribution in [0.15, 0.2) is 59.1 Å². The standard InChI is InChI=1S/C16H14BrNO3/c17-13-8-6-11(7-9-13)10-14(19)18-15(16(20)21)12-4-2-1-3-5-12/h1-9,15H,10H2,(H,18,19)(H,20,21)/t15-/m0/s1. The number of hydrogen-bond donors (Lipinski definition) is 2. The molecule has 4 nitrogen and oxygen atoms in total. The Morgan fingerprint density at radius 1 is 1.05 bits per heavy atom. The van der Waals surface area contributed by atoms with Crippen LogP contribution in [0.5, 0.6) is 0 Å². The van der Waals surface area contributed by atoms with E-state index >= 15 is 0 Å². The van der Waals surface area contributed by atoms with Gasteiger partial charge in [0.25, 0.3) is 0 Å². The number of carboxylic acids is 1. The van der Waals surface area contributed by atoms with Crippen LogP contribution in [-0.4, -0.2) is 17.0 Å². The Balaban J connectivity index is 2.05. The quantitative estimate of drug-likeness (QED) is 0.873. The smallest absolute Gasteiger partial charge is 0.330 e. The van der Waals surface area contributed by atoms with Crippen molar-refractivity contribution in [3.8, 4) is 0 Å². The molecule has 0 aromatic heterocycles. The maximum atomic E-state index is 12.0. The van der Waals surface area contributed by atoms with Gasteiger partial charge in [0.1, 0.15) is 0 Å². The fourth-order valence-corrected chi connectivity index (χ4v) is 2.20. The molecular weight excluding hydrogens is 334 g/mol. The summed E-state index contributed by atoms with van der Waals surface area (Å²) in [6, 6.07) is 14.9. The normalized spacial score (nSPS) is 11.7. The van der Waals surface area contributed by atoms with Crippen molar-refractivity contribution in [2.75, 3.05) is 0 Å². The van der Waals surface area contributed by atoms with E-state index in [1.807, 2.05) is 24.3 Å². The molecule has 108 valence electrons. The van der Waals surface area contributed by atoms with Crippen LogP contribution >= 0.6 is 15.9 Å². The van der Waals surface area contributed by atoms with E-state index in [1.54, 1.807) is 30.3 Å². The van der Waals surface area contributed by atoms with Gasteiger partial charge in [-0.15, -0.1) is 0 Å². The molecule has 0 fully saturated rings. The van der Waals surface area contributed by atoms with Crippen molar-refractivity contribution in [1.29, 1.82) is 0 Å². The number of rotatable bonds is 5. The monoisotopic (exact) mass is 347 g/mol. The average molecular weight is 348 g/mol. The van der Waals surface area contributed by atoms with Gasteiger partial charge in [0, 0.05) is 4.47 Å². The molecule has 0 spiro atoms. The Labute approximate surface area is 130 Å². The van der Waals surface area contributed by atoms with Gasteiger partial charge in [0.05, 0.1) is 6.42 Å². The number of hydrogen-bond acceptors (Lipinski definition) is 2. The second-order valence-corrected chi connectivity index (χ2v) is 5.47. The minimum Gasteiger partial charge on any atom is -0.479 e. The van der Waals surface area contributed by atoms with Gasteiger partial charge in [-0.05, 0) is 23.3 Å². The number of nitrogens with one attached hydrogen (secondary N) is 1. The van der Waals surface area contributed by atoms with E-state index in [4.69, 9.17) is 0 Å². The van der Waals surface area contributed by atoms with Gasteiger partial charge in [0.2, 0.25) is 5.91 Å². The van der Waals surface area contributed by atoms with Crippen LogP contribution in [0.3, 0.4) is 0 Å². The molecule has 0 heterocycles. The summed E-state index contributed by atoms with van der Waals surface area (Å²) in [4.78, 5) is 23.3. The van der Waals surface area contributed by atoms with Gasteiger partial charge in [0.15, 0.2) is 6.04 Å². The Morgan fingerprint density at radius 2 is 1.67 bits per heavy atom. The SMILES string of the molecule is O=C(Cc1ccc(Br)cc1)N[C@H](C(=O)O)c1ccccc1. The van der Waals surface area contributed by atoms with E-state index in [0.29, 0.717) is 5.56 Å². The molecule has 0 unspecified atom stereocenters. The number of aliphatic carboxylic acids is 1. The summed E-state index contributed by atoms with van der Waals surface area (Å²) < 4.78 is 0.930. The molecule has 2 rings (SSSR count). The third-order valence-corrected chi connectivity index (χ3v) is 3.49. The molecule has 0 saturated carbocycles. The van der Waals surface area contributed by atoms with Gasteiger partial charge in [-0.3, -0.25) is 4.79 Å². The Morgan fingerprint density at radius 3 is 2.24 bits per heavy atom. The predicted octanol–water partition coefficient (Wildman–Crippen LogP) is 2.93. The summed E-state index contributed by atoms with van der Waals surface area (Å²) in [6.07, 6.45) is 0.143. The van der Waals surface area contributed by atoms with Gasteiger partial charge >= 0.3 is 5.97 Å². The number of benzene rings is 2. The minimum absolute atomic E-state index is 0.143. The molecule has 1 amide bonds. The van der Waals surface area contributed by atoms with Crippen LogP contribution in [0.2, 0.25) is 0 Å². The van der Waals surface area contributed by atoms with E-state index in [-0.39, 0.29) is 12.3 Å². The van der Waals surface area contributed by atoms with Gasteiger partial charge in [-0.2, -0.15) is 0 Å². The minimum atomic E-state index is -1.08. The highest BCUT2D eigenvalue weighted by Crippen LogP contribution is 2.14. The zero-order valence-electron chi connectivity index (χ0n) is 11.1. The van der Waals surface area contributed by atoms with E-state index < -0.39 is 12.0 Å². The summed E-state index contributed by atoms with van der Waals surface area (Å²) in [5, 5.41) is 11.8.